The summed E-state index contributed by atoms with van der Waals surface area (Å²) in [6.07, 6.45) is -0.512. The molecule has 0 aromatic heterocycles. The molecular weight excluding hydrogens is 292 g/mol. The van der Waals surface area contributed by atoms with Crippen LogP contribution in [0, 0.1) is 0 Å². The molecule has 0 aliphatic carbocycles. The van der Waals surface area contributed by atoms with E-state index in [1.54, 1.807) is 32.9 Å². The number of carbonyl (C=O) groups excluding carboxylic acids is 2. The topological polar surface area (TPSA) is 67.4 Å². The SMILES string of the molecule is CC(C)(C)OC(=O)NCCNC(=O)[C@H](Cl)c1ccccc1. The predicted octanol–water partition coefficient (Wildman–Crippen LogP) is 2.61. The van der Waals surface area contributed by atoms with Crippen molar-refractivity contribution >= 4 is 23.6 Å². The number of hydrogen-bond acceptors (Lipinski definition) is 3. The second-order valence-electron chi connectivity index (χ2n) is 5.49. The van der Waals surface area contributed by atoms with Gasteiger partial charge in [-0.2, -0.15) is 0 Å². The van der Waals surface area contributed by atoms with Gasteiger partial charge in [0.05, 0.1) is 0 Å². The molecule has 1 aromatic rings. The fraction of sp³-hybridized carbons (Fsp3) is 0.467. The van der Waals surface area contributed by atoms with Crippen molar-refractivity contribution in [1.82, 2.24) is 10.6 Å². The average molecular weight is 313 g/mol. The molecule has 0 unspecified atom stereocenters. The summed E-state index contributed by atoms with van der Waals surface area (Å²) in [7, 11) is 0. The minimum Gasteiger partial charge on any atom is -0.444 e. The Kier molecular flexibility index (Phi) is 6.49. The normalized spacial score (nSPS) is 12.4. The molecule has 0 radical (unpaired) electrons. The first-order chi connectivity index (χ1) is 9.79. The first kappa shape index (κ1) is 17.3. The molecule has 21 heavy (non-hydrogen) atoms. The van der Waals surface area contributed by atoms with E-state index < -0.39 is 17.1 Å². The van der Waals surface area contributed by atoms with Crippen molar-refractivity contribution in [2.45, 2.75) is 31.7 Å². The van der Waals surface area contributed by atoms with Crippen LogP contribution in [0.1, 0.15) is 31.7 Å². The van der Waals surface area contributed by atoms with E-state index in [2.05, 4.69) is 10.6 Å². The maximum absolute atomic E-state index is 11.8. The molecule has 1 rings (SSSR count). The summed E-state index contributed by atoms with van der Waals surface area (Å²) in [5, 5.41) is 4.47. The number of carbonyl (C=O) groups is 2. The fourth-order valence-electron chi connectivity index (χ4n) is 1.53. The van der Waals surface area contributed by atoms with Crippen LogP contribution in [-0.4, -0.2) is 30.7 Å². The van der Waals surface area contributed by atoms with Gasteiger partial charge < -0.3 is 15.4 Å². The molecule has 2 amide bonds. The summed E-state index contributed by atoms with van der Waals surface area (Å²) in [6.45, 7) is 5.91. The lowest BCUT2D eigenvalue weighted by molar-refractivity contribution is -0.120. The Morgan fingerprint density at radius 2 is 1.71 bits per heavy atom. The number of amides is 2. The van der Waals surface area contributed by atoms with Crippen molar-refractivity contribution in [3.05, 3.63) is 35.9 Å². The molecule has 1 atom stereocenters. The Morgan fingerprint density at radius 3 is 2.29 bits per heavy atom. The Labute approximate surface area is 130 Å². The molecule has 2 N–H and O–H groups in total. The van der Waals surface area contributed by atoms with Gasteiger partial charge in [0.2, 0.25) is 5.91 Å². The zero-order chi connectivity index (χ0) is 15.9. The van der Waals surface area contributed by atoms with Gasteiger partial charge in [0.25, 0.3) is 0 Å². The van der Waals surface area contributed by atoms with E-state index in [-0.39, 0.29) is 19.0 Å². The third kappa shape index (κ3) is 6.99. The van der Waals surface area contributed by atoms with Crippen molar-refractivity contribution in [1.29, 1.82) is 0 Å². The van der Waals surface area contributed by atoms with Gasteiger partial charge in [-0.3, -0.25) is 4.79 Å². The van der Waals surface area contributed by atoms with Crippen LogP contribution in [0.4, 0.5) is 4.79 Å². The number of hydrogen-bond donors (Lipinski definition) is 2. The Balaban J connectivity index is 2.27. The third-order valence-corrected chi connectivity index (χ3v) is 2.87. The van der Waals surface area contributed by atoms with Gasteiger partial charge in [-0.15, -0.1) is 11.6 Å². The molecule has 6 heteroatoms. The lowest BCUT2D eigenvalue weighted by Crippen LogP contribution is -2.38. The Morgan fingerprint density at radius 1 is 1.14 bits per heavy atom. The zero-order valence-corrected chi connectivity index (χ0v) is 13.2. The largest absolute Gasteiger partial charge is 0.444 e. The minimum absolute atomic E-state index is 0.277. The summed E-state index contributed by atoms with van der Waals surface area (Å²) in [5.41, 5.74) is 0.193. The van der Waals surface area contributed by atoms with Gasteiger partial charge in [0, 0.05) is 13.1 Å². The van der Waals surface area contributed by atoms with Gasteiger partial charge in [-0.1, -0.05) is 30.3 Å². The number of alkyl halides is 1. The molecule has 1 aromatic carbocycles. The number of benzene rings is 1. The smallest absolute Gasteiger partial charge is 0.407 e. The second kappa shape index (κ2) is 7.88. The van der Waals surface area contributed by atoms with Crippen molar-refractivity contribution in [3.63, 3.8) is 0 Å². The van der Waals surface area contributed by atoms with Crippen molar-refractivity contribution in [2.24, 2.45) is 0 Å². The van der Waals surface area contributed by atoms with E-state index in [0.29, 0.717) is 0 Å². The molecule has 0 aliphatic heterocycles. The number of ether oxygens (including phenoxy) is 1. The molecular formula is C15H21ClN2O3. The van der Waals surface area contributed by atoms with Gasteiger partial charge in [-0.05, 0) is 26.3 Å². The summed E-state index contributed by atoms with van der Waals surface area (Å²) in [4.78, 5) is 23.2. The first-order valence-corrected chi connectivity index (χ1v) is 7.17. The standard InChI is InChI=1S/C15H21ClN2O3/c1-15(2,3)21-14(20)18-10-9-17-13(19)12(16)11-7-5-4-6-8-11/h4-8,12H,9-10H2,1-3H3,(H,17,19)(H,18,20)/t12-/m1/s1. The van der Waals surface area contributed by atoms with E-state index in [9.17, 15) is 9.59 Å². The second-order valence-corrected chi connectivity index (χ2v) is 5.93. The van der Waals surface area contributed by atoms with Crippen molar-refractivity contribution in [3.8, 4) is 0 Å². The molecule has 0 saturated carbocycles. The lowest BCUT2D eigenvalue weighted by Gasteiger charge is -2.19. The van der Waals surface area contributed by atoms with Crippen LogP contribution in [0.3, 0.4) is 0 Å². The minimum atomic E-state index is -0.743. The van der Waals surface area contributed by atoms with Crippen LogP contribution in [0.2, 0.25) is 0 Å². The summed E-state index contributed by atoms with van der Waals surface area (Å²) in [5.74, 6) is -0.297. The monoisotopic (exact) mass is 312 g/mol. The lowest BCUT2D eigenvalue weighted by atomic mass is 10.1. The summed E-state index contributed by atoms with van der Waals surface area (Å²) < 4.78 is 5.07. The third-order valence-electron chi connectivity index (χ3n) is 2.41. The highest BCUT2D eigenvalue weighted by atomic mass is 35.5. The highest BCUT2D eigenvalue weighted by Gasteiger charge is 2.17. The van der Waals surface area contributed by atoms with E-state index in [1.807, 2.05) is 18.2 Å². The maximum Gasteiger partial charge on any atom is 0.407 e. The molecule has 5 nitrogen and oxygen atoms in total. The fourth-order valence-corrected chi connectivity index (χ4v) is 1.75. The zero-order valence-electron chi connectivity index (χ0n) is 12.5. The van der Waals surface area contributed by atoms with Crippen molar-refractivity contribution < 1.29 is 14.3 Å². The number of alkyl carbamates (subject to hydrolysis) is 1. The first-order valence-electron chi connectivity index (χ1n) is 6.73. The van der Waals surface area contributed by atoms with E-state index >= 15 is 0 Å². The molecule has 0 aliphatic rings. The molecule has 0 bridgehead atoms. The van der Waals surface area contributed by atoms with Crippen LogP contribution in [0.15, 0.2) is 30.3 Å². The molecule has 0 heterocycles. The summed E-state index contributed by atoms with van der Waals surface area (Å²) in [6, 6.07) is 9.08. The van der Waals surface area contributed by atoms with E-state index in [1.165, 1.54) is 0 Å². The van der Waals surface area contributed by atoms with Gasteiger partial charge >= 0.3 is 6.09 Å². The van der Waals surface area contributed by atoms with Crippen LogP contribution < -0.4 is 10.6 Å². The van der Waals surface area contributed by atoms with Gasteiger partial charge in [0.1, 0.15) is 11.0 Å². The summed E-state index contributed by atoms with van der Waals surface area (Å²) >= 11 is 6.06. The Hall–Kier alpha value is -1.75. The van der Waals surface area contributed by atoms with E-state index in [4.69, 9.17) is 16.3 Å². The quantitative estimate of drug-likeness (QED) is 0.648. The average Bonchev–Trinajstić information content (AvgIpc) is 2.41. The van der Waals surface area contributed by atoms with Gasteiger partial charge in [-0.25, -0.2) is 4.79 Å². The maximum atomic E-state index is 11.8. The molecule has 0 saturated heterocycles. The molecule has 116 valence electrons. The number of halogens is 1. The predicted molar refractivity (Wildman–Crippen MR) is 82.3 cm³/mol. The van der Waals surface area contributed by atoms with E-state index in [0.717, 1.165) is 5.56 Å². The van der Waals surface area contributed by atoms with Crippen LogP contribution in [-0.2, 0) is 9.53 Å². The van der Waals surface area contributed by atoms with Gasteiger partial charge in [0.15, 0.2) is 0 Å². The number of rotatable bonds is 5. The highest BCUT2D eigenvalue weighted by molar-refractivity contribution is 6.30. The van der Waals surface area contributed by atoms with Crippen LogP contribution in [0.5, 0.6) is 0 Å². The van der Waals surface area contributed by atoms with Crippen molar-refractivity contribution in [2.75, 3.05) is 13.1 Å². The van der Waals surface area contributed by atoms with Crippen LogP contribution in [0.25, 0.3) is 0 Å². The molecule has 0 spiro atoms. The van der Waals surface area contributed by atoms with Crippen LogP contribution >= 0.6 is 11.6 Å². The molecule has 0 fully saturated rings. The highest BCUT2D eigenvalue weighted by Crippen LogP contribution is 2.19. The Bertz CT molecular complexity index is 472. The number of nitrogens with one attached hydrogen (secondary N) is 2.